The molecule has 0 aliphatic carbocycles. The van der Waals surface area contributed by atoms with E-state index in [9.17, 15) is 38.0 Å². The van der Waals surface area contributed by atoms with Crippen LogP contribution in [0.15, 0.2) is 16.6 Å². The van der Waals surface area contributed by atoms with Crippen LogP contribution in [-0.4, -0.2) is 81.7 Å². The van der Waals surface area contributed by atoms with E-state index in [0.717, 1.165) is 18.4 Å². The number of thiophene rings is 1. The van der Waals surface area contributed by atoms with Gasteiger partial charge in [0.05, 0.1) is 49.8 Å². The third-order valence-electron chi connectivity index (χ3n) is 6.17. The fourth-order valence-electron chi connectivity index (χ4n) is 4.43. The zero-order chi connectivity index (χ0) is 35.9. The van der Waals surface area contributed by atoms with Crippen molar-refractivity contribution < 1.29 is 84.2 Å². The quantitative estimate of drug-likeness (QED) is 0.0402. The largest absolute Gasteiger partial charge is 0.756 e. The van der Waals surface area contributed by atoms with Crippen molar-refractivity contribution in [3.63, 3.8) is 0 Å². The van der Waals surface area contributed by atoms with Crippen molar-refractivity contribution in [1.82, 2.24) is 19.5 Å². The van der Waals surface area contributed by atoms with E-state index in [0.29, 0.717) is 12.0 Å². The number of H-pyrrole nitrogens is 1. The van der Waals surface area contributed by atoms with Crippen LogP contribution < -0.4 is 25.7 Å². The van der Waals surface area contributed by atoms with Gasteiger partial charge in [-0.3, -0.25) is 23.1 Å². The lowest BCUT2D eigenvalue weighted by molar-refractivity contribution is -0.250. The molecule has 5 N–H and O–H groups in total. The number of amides is 1. The van der Waals surface area contributed by atoms with E-state index >= 15 is 0 Å². The normalized spacial score (nSPS) is 25.7. The van der Waals surface area contributed by atoms with Crippen LogP contribution in [0.5, 0.6) is 0 Å². The molecule has 3 aromatic heterocycles. The Morgan fingerprint density at radius 3 is 2.57 bits per heavy atom. The first kappa shape index (κ1) is 38.0. The lowest BCUT2D eigenvalue weighted by atomic mass is 10.1. The Balaban J connectivity index is 1.41. The molecule has 0 aromatic carbocycles. The van der Waals surface area contributed by atoms with Crippen molar-refractivity contribution in [2.24, 2.45) is 0 Å². The Labute approximate surface area is 285 Å². The predicted molar refractivity (Wildman–Crippen MR) is 156 cm³/mol. The lowest BCUT2D eigenvalue weighted by Gasteiger charge is -2.33. The van der Waals surface area contributed by atoms with Crippen LogP contribution in [0.25, 0.3) is 11.2 Å². The number of methoxy groups -OCH3 is 1. The van der Waals surface area contributed by atoms with Crippen LogP contribution in [0.1, 0.15) is 15.9 Å². The van der Waals surface area contributed by atoms with E-state index in [4.69, 9.17) is 46.1 Å². The number of aromatic nitrogens is 4. The summed E-state index contributed by atoms with van der Waals surface area (Å²) < 4.78 is 74.6. The number of nitrogens with two attached hydrogens (primary N) is 1. The SMILES string of the molecule is COOSc1csc(C(=O)OC)c1NC(=O)[C@@H]1OC2C(COP(=O)([O-])OP(=O)([O-])OP(=O)([O-])O)OC(n3cnc4c(=S)nc(N)[nH]c43)C2O1. The third kappa shape index (κ3) is 8.81. The van der Waals surface area contributed by atoms with Crippen molar-refractivity contribution >= 4 is 93.7 Å². The molecule has 2 fully saturated rings. The standard InChI is InChI=1S/C19H23N6O18P3S3/c1-35-17(27)12-8(7(4-48-12)49-41-36-2)22-14(26)18-39-10-6(3-37-45(31,32)43-46(33,34)42-44(28,29)30)38-16(11(10)40-18)25-5-21-9-13(25)23-19(20)24-15(9)47/h4-6,10-11,16,18H,3H2,1-2H3,(H,22,26)(H,31,32)(H,33,34)(H2,28,29,30)(H3,20,23,24,47)/p-3/t6?,10?,11?,16?,18-/m1/s1. The molecule has 2 saturated heterocycles. The minimum absolute atomic E-state index is 0.00258. The van der Waals surface area contributed by atoms with E-state index in [1.165, 1.54) is 23.4 Å². The second-order valence-corrected chi connectivity index (χ2v) is 15.6. The second kappa shape index (κ2) is 14.8. The number of aromatic amines is 1. The average molecular weight is 810 g/mol. The number of phosphoric ester groups is 1. The molecule has 2 aliphatic heterocycles. The van der Waals surface area contributed by atoms with E-state index in [2.05, 4.69) is 38.3 Å². The average Bonchev–Trinajstić information content (AvgIpc) is 3.76. The predicted octanol–water partition coefficient (Wildman–Crippen LogP) is -0.402. The molecule has 7 unspecified atom stereocenters. The van der Waals surface area contributed by atoms with E-state index in [1.807, 2.05) is 0 Å². The Bertz CT molecular complexity index is 1950. The number of esters is 1. The summed E-state index contributed by atoms with van der Waals surface area (Å²) >= 11 is 6.76. The molecule has 3 aromatic rings. The van der Waals surface area contributed by atoms with Gasteiger partial charge in [0.25, 0.3) is 29.4 Å². The van der Waals surface area contributed by atoms with Gasteiger partial charge < -0.3 is 59.1 Å². The van der Waals surface area contributed by atoms with Gasteiger partial charge in [-0.25, -0.2) is 28.3 Å². The number of hydrogen-bond donors (Lipinski definition) is 4. The number of carbonyl (C=O) groups excluding carboxylic acids is 2. The summed E-state index contributed by atoms with van der Waals surface area (Å²) in [6.07, 6.45) is -5.89. The number of rotatable bonds is 14. The third-order valence-corrected chi connectivity index (χ3v) is 12.0. The molecule has 5 rings (SSSR count). The Morgan fingerprint density at radius 1 is 1.18 bits per heavy atom. The van der Waals surface area contributed by atoms with Gasteiger partial charge in [-0.1, -0.05) is 12.2 Å². The highest BCUT2D eigenvalue weighted by Crippen LogP contribution is 2.61. The van der Waals surface area contributed by atoms with Crippen LogP contribution in [0.3, 0.4) is 0 Å². The summed E-state index contributed by atoms with van der Waals surface area (Å²) in [6.45, 7) is -1.07. The number of nitrogen functional groups attached to an aromatic ring is 1. The van der Waals surface area contributed by atoms with Gasteiger partial charge in [-0.2, -0.15) is 4.33 Å². The smallest absolute Gasteiger partial charge is 0.350 e. The van der Waals surface area contributed by atoms with Gasteiger partial charge in [0.1, 0.15) is 34.4 Å². The first-order valence-electron chi connectivity index (χ1n) is 12.7. The highest BCUT2D eigenvalue weighted by atomic mass is 32.2. The van der Waals surface area contributed by atoms with Crippen molar-refractivity contribution in [1.29, 1.82) is 0 Å². The fraction of sp³-hybridized carbons (Fsp3) is 0.421. The maximum atomic E-state index is 13.4. The highest BCUT2D eigenvalue weighted by Gasteiger charge is 2.55. The number of ether oxygens (including phenoxy) is 4. The van der Waals surface area contributed by atoms with Crippen LogP contribution in [-0.2, 0) is 59.8 Å². The zero-order valence-electron chi connectivity index (χ0n) is 24.1. The number of nitrogens with one attached hydrogen (secondary N) is 2. The molecule has 270 valence electrons. The van der Waals surface area contributed by atoms with Crippen molar-refractivity contribution in [2.75, 3.05) is 31.9 Å². The first-order valence-corrected chi connectivity index (χ1v) is 19.2. The molecule has 0 bridgehead atoms. The molecule has 0 saturated carbocycles. The molecule has 2 aliphatic rings. The summed E-state index contributed by atoms with van der Waals surface area (Å²) in [4.78, 5) is 84.6. The molecule has 1 amide bonds. The maximum absolute atomic E-state index is 13.4. The van der Waals surface area contributed by atoms with Gasteiger partial charge in [-0.15, -0.1) is 11.3 Å². The van der Waals surface area contributed by atoms with Crippen molar-refractivity contribution in [3.05, 3.63) is 21.2 Å². The molecular formula is C19H20N6O18P3S3-3. The number of anilines is 2. The number of hydrogen-bond acceptors (Lipinski definition) is 23. The molecule has 5 heterocycles. The summed E-state index contributed by atoms with van der Waals surface area (Å²) in [5, 5.41) is 3.96. The Hall–Kier alpha value is -2.23. The van der Waals surface area contributed by atoms with E-state index in [1.54, 1.807) is 0 Å². The number of phosphoric acid groups is 3. The maximum Gasteiger partial charge on any atom is 0.350 e. The molecule has 0 spiro atoms. The zero-order valence-corrected chi connectivity index (χ0v) is 29.3. The number of fused-ring (bicyclic) bond motifs is 2. The molecule has 8 atom stereocenters. The fourth-order valence-corrected chi connectivity index (χ4v) is 9.12. The minimum atomic E-state index is -6.20. The Morgan fingerprint density at radius 2 is 1.90 bits per heavy atom. The number of carbonyl (C=O) groups is 2. The van der Waals surface area contributed by atoms with Crippen LogP contribution in [0.2, 0.25) is 0 Å². The summed E-state index contributed by atoms with van der Waals surface area (Å²) in [7, 11) is -15.8. The topological polar surface area (TPSA) is 342 Å². The lowest BCUT2D eigenvalue weighted by Crippen LogP contribution is -2.34. The van der Waals surface area contributed by atoms with Gasteiger partial charge in [0.15, 0.2) is 16.8 Å². The van der Waals surface area contributed by atoms with Crippen molar-refractivity contribution in [3.8, 4) is 0 Å². The summed E-state index contributed by atoms with van der Waals surface area (Å²) in [6, 6.07) is 0. The van der Waals surface area contributed by atoms with Crippen molar-refractivity contribution in [2.45, 2.75) is 35.7 Å². The van der Waals surface area contributed by atoms with Crippen LogP contribution in [0.4, 0.5) is 11.6 Å². The second-order valence-electron chi connectivity index (χ2n) is 9.30. The van der Waals surface area contributed by atoms with Crippen LogP contribution >= 0.6 is 59.1 Å². The van der Waals surface area contributed by atoms with Gasteiger partial charge in [-0.05, 0) is 0 Å². The van der Waals surface area contributed by atoms with Gasteiger partial charge in [0.2, 0.25) is 6.29 Å². The molecule has 30 heteroatoms. The molecule has 49 heavy (non-hydrogen) atoms. The monoisotopic (exact) mass is 809 g/mol. The number of nitrogens with zero attached hydrogens (tertiary/aromatic N) is 3. The molecule has 0 radical (unpaired) electrons. The summed E-state index contributed by atoms with van der Waals surface area (Å²) in [5.41, 5.74) is 6.08. The van der Waals surface area contributed by atoms with Crippen LogP contribution in [0, 0.1) is 4.64 Å². The highest BCUT2D eigenvalue weighted by molar-refractivity contribution is 7.94. The van der Waals surface area contributed by atoms with Gasteiger partial charge in [0, 0.05) is 5.38 Å². The van der Waals surface area contributed by atoms with E-state index < -0.39 is 72.8 Å². The molecule has 24 nitrogen and oxygen atoms in total. The van der Waals surface area contributed by atoms with Gasteiger partial charge >= 0.3 is 5.97 Å². The number of imidazole rings is 1. The minimum Gasteiger partial charge on any atom is -0.756 e. The molecular weight excluding hydrogens is 789 g/mol. The summed E-state index contributed by atoms with van der Waals surface area (Å²) in [5.74, 6) is -1.88. The van der Waals surface area contributed by atoms with E-state index in [-0.39, 0.29) is 37.2 Å². The first-order chi connectivity index (χ1) is 22.9. The Kier molecular flexibility index (Phi) is 11.5.